The van der Waals surface area contributed by atoms with E-state index in [0.717, 1.165) is 17.1 Å². The number of nitrogens with one attached hydrogen (secondary N) is 2. The van der Waals surface area contributed by atoms with Crippen LogP contribution in [-0.4, -0.2) is 29.7 Å². The van der Waals surface area contributed by atoms with Crippen molar-refractivity contribution in [2.24, 2.45) is 0 Å². The fraction of sp³-hybridized carbons (Fsp3) is 0.190. The molecule has 2 N–H and O–H groups in total. The van der Waals surface area contributed by atoms with Gasteiger partial charge in [0.05, 0.1) is 25.0 Å². The molecule has 0 radical (unpaired) electrons. The van der Waals surface area contributed by atoms with Crippen LogP contribution in [0.3, 0.4) is 0 Å². The van der Waals surface area contributed by atoms with Crippen LogP contribution in [0.2, 0.25) is 0 Å². The van der Waals surface area contributed by atoms with Gasteiger partial charge in [-0.2, -0.15) is 4.98 Å². The van der Waals surface area contributed by atoms with Gasteiger partial charge >= 0.3 is 5.97 Å². The lowest BCUT2D eigenvalue weighted by atomic mass is 10.2. The molecule has 0 bridgehead atoms. The summed E-state index contributed by atoms with van der Waals surface area (Å²) in [5.74, 6) is 1.45. The van der Waals surface area contributed by atoms with E-state index in [2.05, 4.69) is 20.6 Å². The summed E-state index contributed by atoms with van der Waals surface area (Å²) in [6, 6.07) is 16.4. The van der Waals surface area contributed by atoms with Crippen LogP contribution in [0, 0.1) is 6.92 Å². The van der Waals surface area contributed by atoms with Crippen LogP contribution in [-0.2, 0) is 4.74 Å². The molecule has 144 valence electrons. The second-order valence-electron chi connectivity index (χ2n) is 5.97. The Hall–Kier alpha value is -3.61. The number of para-hydroxylation sites is 2. The van der Waals surface area contributed by atoms with Crippen molar-refractivity contribution in [3.63, 3.8) is 0 Å². The summed E-state index contributed by atoms with van der Waals surface area (Å²) >= 11 is 0. The maximum absolute atomic E-state index is 11.7. The minimum absolute atomic E-state index is 0.338. The molecule has 1 aromatic heterocycles. The van der Waals surface area contributed by atoms with Gasteiger partial charge in [0, 0.05) is 17.4 Å². The van der Waals surface area contributed by atoms with Crippen molar-refractivity contribution in [1.29, 1.82) is 0 Å². The molecule has 7 nitrogen and oxygen atoms in total. The number of carbonyl (C=O) groups excluding carboxylic acids is 1. The fourth-order valence-corrected chi connectivity index (χ4v) is 2.61. The summed E-state index contributed by atoms with van der Waals surface area (Å²) in [5, 5.41) is 6.40. The molecule has 0 atom stereocenters. The lowest BCUT2D eigenvalue weighted by molar-refractivity contribution is 0.0526. The molecule has 0 aliphatic heterocycles. The number of ether oxygens (including phenoxy) is 2. The van der Waals surface area contributed by atoms with Crippen LogP contribution >= 0.6 is 0 Å². The molecule has 7 heteroatoms. The Bertz CT molecular complexity index is 958. The molecule has 28 heavy (non-hydrogen) atoms. The van der Waals surface area contributed by atoms with Gasteiger partial charge in [-0.05, 0) is 50.2 Å². The van der Waals surface area contributed by atoms with E-state index >= 15 is 0 Å². The first-order valence-electron chi connectivity index (χ1n) is 8.89. The van der Waals surface area contributed by atoms with E-state index in [4.69, 9.17) is 9.47 Å². The maximum atomic E-state index is 11.7. The Balaban J connectivity index is 1.77. The van der Waals surface area contributed by atoms with E-state index in [1.165, 1.54) is 0 Å². The molecule has 2 aromatic carbocycles. The van der Waals surface area contributed by atoms with E-state index in [9.17, 15) is 4.79 Å². The highest BCUT2D eigenvalue weighted by Gasteiger charge is 2.08. The average Bonchev–Trinajstić information content (AvgIpc) is 2.69. The predicted molar refractivity (Wildman–Crippen MR) is 109 cm³/mol. The van der Waals surface area contributed by atoms with Gasteiger partial charge in [0.2, 0.25) is 5.95 Å². The third-order valence-corrected chi connectivity index (χ3v) is 3.88. The fourth-order valence-electron chi connectivity index (χ4n) is 2.61. The SMILES string of the molecule is CCOC(=O)c1ccc(Nc2cc(C)nc(Nc3ccccc3OC)n2)cc1. The number of hydrogen-bond acceptors (Lipinski definition) is 7. The molecule has 0 aliphatic rings. The summed E-state index contributed by atoms with van der Waals surface area (Å²) in [6.07, 6.45) is 0. The smallest absolute Gasteiger partial charge is 0.338 e. The number of benzene rings is 2. The number of carbonyl (C=O) groups is 1. The van der Waals surface area contributed by atoms with E-state index in [1.54, 1.807) is 38.3 Å². The van der Waals surface area contributed by atoms with Gasteiger partial charge in [-0.3, -0.25) is 0 Å². The van der Waals surface area contributed by atoms with E-state index < -0.39 is 0 Å². The van der Waals surface area contributed by atoms with Crippen LogP contribution in [0.4, 0.5) is 23.1 Å². The van der Waals surface area contributed by atoms with Crippen LogP contribution in [0.25, 0.3) is 0 Å². The third-order valence-electron chi connectivity index (χ3n) is 3.88. The number of hydrogen-bond donors (Lipinski definition) is 2. The van der Waals surface area contributed by atoms with Crippen LogP contribution in [0.15, 0.2) is 54.6 Å². The first kappa shape index (κ1) is 19.2. The molecule has 0 fully saturated rings. The number of esters is 1. The lowest BCUT2D eigenvalue weighted by Gasteiger charge is -2.12. The van der Waals surface area contributed by atoms with Gasteiger partial charge in [0.25, 0.3) is 0 Å². The van der Waals surface area contributed by atoms with Crippen molar-refractivity contribution < 1.29 is 14.3 Å². The van der Waals surface area contributed by atoms with Gasteiger partial charge in [0.1, 0.15) is 11.6 Å². The Morgan fingerprint density at radius 3 is 2.50 bits per heavy atom. The van der Waals surface area contributed by atoms with Crippen molar-refractivity contribution in [1.82, 2.24) is 9.97 Å². The molecule has 0 saturated carbocycles. The summed E-state index contributed by atoms with van der Waals surface area (Å²) in [7, 11) is 1.62. The Morgan fingerprint density at radius 2 is 1.79 bits per heavy atom. The first-order valence-corrected chi connectivity index (χ1v) is 8.89. The minimum Gasteiger partial charge on any atom is -0.495 e. The molecule has 0 spiro atoms. The second kappa shape index (κ2) is 8.85. The maximum Gasteiger partial charge on any atom is 0.338 e. The Morgan fingerprint density at radius 1 is 1.04 bits per heavy atom. The molecule has 0 unspecified atom stereocenters. The molecular formula is C21H22N4O3. The minimum atomic E-state index is -0.338. The predicted octanol–water partition coefficient (Wildman–Crippen LogP) is 4.46. The summed E-state index contributed by atoms with van der Waals surface area (Å²) in [5.41, 5.74) is 2.89. The second-order valence-corrected chi connectivity index (χ2v) is 5.97. The Labute approximate surface area is 163 Å². The first-order chi connectivity index (χ1) is 13.6. The number of methoxy groups -OCH3 is 1. The van der Waals surface area contributed by atoms with Gasteiger partial charge < -0.3 is 20.1 Å². The van der Waals surface area contributed by atoms with Gasteiger partial charge in [-0.25, -0.2) is 9.78 Å². The van der Waals surface area contributed by atoms with Crippen molar-refractivity contribution in [2.45, 2.75) is 13.8 Å². The molecule has 0 aliphatic carbocycles. The van der Waals surface area contributed by atoms with E-state index in [1.807, 2.05) is 37.3 Å². The van der Waals surface area contributed by atoms with Crippen LogP contribution in [0.5, 0.6) is 5.75 Å². The van der Waals surface area contributed by atoms with Gasteiger partial charge in [-0.15, -0.1) is 0 Å². The topological polar surface area (TPSA) is 85.4 Å². The number of rotatable bonds is 7. The zero-order chi connectivity index (χ0) is 19.9. The highest BCUT2D eigenvalue weighted by molar-refractivity contribution is 5.89. The zero-order valence-corrected chi connectivity index (χ0v) is 16.0. The van der Waals surface area contributed by atoms with Crippen molar-refractivity contribution in [2.75, 3.05) is 24.4 Å². The highest BCUT2D eigenvalue weighted by Crippen LogP contribution is 2.26. The van der Waals surface area contributed by atoms with Crippen LogP contribution in [0.1, 0.15) is 23.0 Å². The van der Waals surface area contributed by atoms with E-state index in [0.29, 0.717) is 29.7 Å². The van der Waals surface area contributed by atoms with Gasteiger partial charge in [0.15, 0.2) is 0 Å². The number of nitrogens with zero attached hydrogens (tertiary/aromatic N) is 2. The van der Waals surface area contributed by atoms with Gasteiger partial charge in [-0.1, -0.05) is 12.1 Å². The highest BCUT2D eigenvalue weighted by atomic mass is 16.5. The third kappa shape index (κ3) is 4.76. The lowest BCUT2D eigenvalue weighted by Crippen LogP contribution is -2.05. The number of aromatic nitrogens is 2. The largest absolute Gasteiger partial charge is 0.495 e. The Kier molecular flexibility index (Phi) is 6.06. The quantitative estimate of drug-likeness (QED) is 0.587. The summed E-state index contributed by atoms with van der Waals surface area (Å²) < 4.78 is 10.3. The average molecular weight is 378 g/mol. The molecule has 1 heterocycles. The standard InChI is InChI=1S/C21H22N4O3/c1-4-28-20(26)15-9-11-16(12-10-15)23-19-13-14(2)22-21(25-19)24-17-7-5-6-8-18(17)27-3/h5-13H,4H2,1-3H3,(H2,22,23,24,25). The summed E-state index contributed by atoms with van der Waals surface area (Å²) in [4.78, 5) is 20.7. The zero-order valence-electron chi connectivity index (χ0n) is 16.0. The molecule has 0 saturated heterocycles. The molecule has 0 amide bonds. The summed E-state index contributed by atoms with van der Waals surface area (Å²) in [6.45, 7) is 4.02. The van der Waals surface area contributed by atoms with Crippen molar-refractivity contribution in [3.05, 3.63) is 65.9 Å². The molecule has 3 rings (SSSR count). The molecule has 3 aromatic rings. The van der Waals surface area contributed by atoms with E-state index in [-0.39, 0.29) is 5.97 Å². The van der Waals surface area contributed by atoms with Crippen LogP contribution < -0.4 is 15.4 Å². The normalized spacial score (nSPS) is 10.2. The number of anilines is 4. The number of aryl methyl sites for hydroxylation is 1. The van der Waals surface area contributed by atoms with Crippen molar-refractivity contribution in [3.8, 4) is 5.75 Å². The monoisotopic (exact) mass is 378 g/mol. The van der Waals surface area contributed by atoms with Crippen molar-refractivity contribution >= 4 is 29.1 Å². The molecular weight excluding hydrogens is 356 g/mol.